The molecular weight excluding hydrogens is 240 g/mol. The third kappa shape index (κ3) is 2.30. The Morgan fingerprint density at radius 1 is 1.26 bits per heavy atom. The summed E-state index contributed by atoms with van der Waals surface area (Å²) in [7, 11) is 0. The smallest absolute Gasteiger partial charge is 0.176 e. The normalized spacial score (nSPS) is 13.3. The van der Waals surface area contributed by atoms with E-state index in [0.29, 0.717) is 0 Å². The molecule has 0 saturated carbocycles. The van der Waals surface area contributed by atoms with E-state index in [0.717, 1.165) is 5.69 Å². The summed E-state index contributed by atoms with van der Waals surface area (Å²) in [4.78, 5) is 8.20. The van der Waals surface area contributed by atoms with Crippen LogP contribution in [0.3, 0.4) is 0 Å². The quantitative estimate of drug-likeness (QED) is 0.875. The summed E-state index contributed by atoms with van der Waals surface area (Å²) >= 11 is 0. The van der Waals surface area contributed by atoms with Gasteiger partial charge in [0.05, 0.1) is 18.1 Å². The minimum atomic E-state index is -0.328. The predicted octanol–water partition coefficient (Wildman–Crippen LogP) is 0.958. The van der Waals surface area contributed by atoms with Gasteiger partial charge in [-0.1, -0.05) is 6.07 Å². The second-order valence-electron chi connectivity index (χ2n) is 4.13. The highest BCUT2D eigenvalue weighted by Gasteiger charge is 2.24. The second kappa shape index (κ2) is 5.30. The molecule has 0 saturated heterocycles. The van der Waals surface area contributed by atoms with Crippen molar-refractivity contribution in [2.24, 2.45) is 5.73 Å². The van der Waals surface area contributed by atoms with Crippen molar-refractivity contribution in [3.05, 3.63) is 47.8 Å². The third-order valence-corrected chi connectivity index (χ3v) is 2.79. The second-order valence-corrected chi connectivity index (χ2v) is 4.13. The highest BCUT2D eigenvalue weighted by atomic mass is 15.1. The average molecular weight is 252 g/mol. The Morgan fingerprint density at radius 2 is 2.05 bits per heavy atom. The van der Waals surface area contributed by atoms with Crippen molar-refractivity contribution in [1.82, 2.24) is 14.5 Å². The standard InChI is InChI=1S/C13H12N6/c1-9(16)13(10-4-2-3-5-17-10)19-8-18-11(6-14)12(19)7-15/h2-5,8-9,13H,16H2,1H3. The van der Waals surface area contributed by atoms with E-state index in [2.05, 4.69) is 9.97 Å². The largest absolute Gasteiger partial charge is 0.326 e. The lowest BCUT2D eigenvalue weighted by Crippen LogP contribution is -2.31. The lowest BCUT2D eigenvalue weighted by atomic mass is 10.1. The van der Waals surface area contributed by atoms with Crippen LogP contribution in [-0.2, 0) is 0 Å². The van der Waals surface area contributed by atoms with Crippen LogP contribution in [0.4, 0.5) is 0 Å². The summed E-state index contributed by atoms with van der Waals surface area (Å²) in [6.07, 6.45) is 3.12. The van der Waals surface area contributed by atoms with Crippen LogP contribution in [0.25, 0.3) is 0 Å². The van der Waals surface area contributed by atoms with Crippen LogP contribution >= 0.6 is 0 Å². The van der Waals surface area contributed by atoms with Gasteiger partial charge in [0.1, 0.15) is 12.1 Å². The van der Waals surface area contributed by atoms with Crippen LogP contribution in [0.15, 0.2) is 30.7 Å². The molecule has 0 fully saturated rings. The van der Waals surface area contributed by atoms with Crippen molar-refractivity contribution in [3.8, 4) is 12.1 Å². The first-order valence-corrected chi connectivity index (χ1v) is 5.72. The fourth-order valence-corrected chi connectivity index (χ4v) is 1.98. The molecule has 0 aromatic carbocycles. The Bertz CT molecular complexity index is 644. The van der Waals surface area contributed by atoms with Gasteiger partial charge in [0.25, 0.3) is 0 Å². The monoisotopic (exact) mass is 252 g/mol. The third-order valence-electron chi connectivity index (χ3n) is 2.79. The minimum absolute atomic E-state index is 0.101. The van der Waals surface area contributed by atoms with Crippen molar-refractivity contribution < 1.29 is 0 Å². The number of hydrogen-bond acceptors (Lipinski definition) is 5. The molecule has 0 amide bonds. The van der Waals surface area contributed by atoms with E-state index in [-0.39, 0.29) is 23.5 Å². The zero-order valence-electron chi connectivity index (χ0n) is 10.4. The van der Waals surface area contributed by atoms with Gasteiger partial charge in [-0.2, -0.15) is 10.5 Å². The highest BCUT2D eigenvalue weighted by Crippen LogP contribution is 2.22. The highest BCUT2D eigenvalue weighted by molar-refractivity contribution is 5.37. The molecule has 0 aliphatic rings. The molecule has 6 nitrogen and oxygen atoms in total. The first kappa shape index (κ1) is 12.7. The molecule has 2 unspecified atom stereocenters. The molecule has 0 spiro atoms. The number of hydrogen-bond donors (Lipinski definition) is 1. The summed E-state index contributed by atoms with van der Waals surface area (Å²) in [5.74, 6) is 0. The van der Waals surface area contributed by atoms with E-state index in [1.54, 1.807) is 10.8 Å². The summed E-state index contributed by atoms with van der Waals surface area (Å²) in [6, 6.07) is 8.78. The van der Waals surface area contributed by atoms with E-state index >= 15 is 0 Å². The molecular formula is C13H12N6. The molecule has 2 atom stereocenters. The molecule has 94 valence electrons. The summed E-state index contributed by atoms with van der Waals surface area (Å²) in [5.41, 5.74) is 7.03. The molecule has 6 heteroatoms. The predicted molar refractivity (Wildman–Crippen MR) is 67.7 cm³/mol. The SMILES string of the molecule is CC(N)C(c1ccccn1)n1cnc(C#N)c1C#N. The van der Waals surface area contributed by atoms with E-state index in [9.17, 15) is 5.26 Å². The number of pyridine rings is 1. The van der Waals surface area contributed by atoms with Gasteiger partial charge in [0.15, 0.2) is 11.4 Å². The van der Waals surface area contributed by atoms with E-state index in [4.69, 9.17) is 11.0 Å². The van der Waals surface area contributed by atoms with Crippen molar-refractivity contribution in [2.45, 2.75) is 19.0 Å². The molecule has 0 radical (unpaired) electrons. The van der Waals surface area contributed by atoms with Crippen molar-refractivity contribution in [2.75, 3.05) is 0 Å². The molecule has 19 heavy (non-hydrogen) atoms. The lowest BCUT2D eigenvalue weighted by molar-refractivity contribution is 0.481. The number of nitrogens with two attached hydrogens (primary N) is 1. The average Bonchev–Trinajstić information content (AvgIpc) is 2.82. The first-order valence-electron chi connectivity index (χ1n) is 5.72. The zero-order chi connectivity index (χ0) is 13.8. The van der Waals surface area contributed by atoms with Gasteiger partial charge in [-0.25, -0.2) is 4.98 Å². The number of imidazole rings is 1. The Balaban J connectivity index is 2.57. The van der Waals surface area contributed by atoms with E-state index in [1.807, 2.05) is 37.3 Å². The van der Waals surface area contributed by atoms with Gasteiger partial charge < -0.3 is 10.3 Å². The minimum Gasteiger partial charge on any atom is -0.326 e. The molecule has 2 N–H and O–H groups in total. The van der Waals surface area contributed by atoms with Gasteiger partial charge in [0, 0.05) is 12.2 Å². The fraction of sp³-hybridized carbons (Fsp3) is 0.231. The van der Waals surface area contributed by atoms with Crippen LogP contribution in [0, 0.1) is 22.7 Å². The molecule has 2 aromatic heterocycles. The van der Waals surface area contributed by atoms with Gasteiger partial charge in [-0.3, -0.25) is 4.98 Å². The first-order chi connectivity index (χ1) is 9.19. The maximum Gasteiger partial charge on any atom is 0.176 e. The van der Waals surface area contributed by atoms with Crippen molar-refractivity contribution in [3.63, 3.8) is 0 Å². The van der Waals surface area contributed by atoms with Crippen molar-refractivity contribution in [1.29, 1.82) is 10.5 Å². The van der Waals surface area contributed by atoms with Gasteiger partial charge in [-0.15, -0.1) is 0 Å². The Morgan fingerprint density at radius 3 is 2.58 bits per heavy atom. The number of nitriles is 2. The topological polar surface area (TPSA) is 104 Å². The zero-order valence-corrected chi connectivity index (χ0v) is 10.4. The molecule has 2 aromatic rings. The van der Waals surface area contributed by atoms with E-state index in [1.165, 1.54) is 6.33 Å². The lowest BCUT2D eigenvalue weighted by Gasteiger charge is -2.22. The van der Waals surface area contributed by atoms with Crippen LogP contribution in [0.2, 0.25) is 0 Å². The van der Waals surface area contributed by atoms with Gasteiger partial charge in [-0.05, 0) is 19.1 Å². The van der Waals surface area contributed by atoms with Crippen molar-refractivity contribution >= 4 is 0 Å². The molecule has 2 rings (SSSR count). The summed E-state index contributed by atoms with van der Waals surface area (Å²) in [5, 5.41) is 18.1. The summed E-state index contributed by atoms with van der Waals surface area (Å²) in [6.45, 7) is 1.83. The van der Waals surface area contributed by atoms with Gasteiger partial charge >= 0.3 is 0 Å². The Hall–Kier alpha value is -2.70. The maximum atomic E-state index is 9.17. The molecule has 0 bridgehead atoms. The molecule has 0 aliphatic carbocycles. The van der Waals surface area contributed by atoms with Crippen LogP contribution in [0.1, 0.15) is 30.0 Å². The van der Waals surface area contributed by atoms with E-state index < -0.39 is 0 Å². The van der Waals surface area contributed by atoms with Crippen LogP contribution < -0.4 is 5.73 Å². The Labute approximate surface area is 110 Å². The number of aromatic nitrogens is 3. The molecule has 0 aliphatic heterocycles. The molecule has 2 heterocycles. The summed E-state index contributed by atoms with van der Waals surface area (Å²) < 4.78 is 1.60. The maximum absolute atomic E-state index is 9.17. The number of nitrogens with zero attached hydrogens (tertiary/aromatic N) is 5. The van der Waals surface area contributed by atoms with Gasteiger partial charge in [0.2, 0.25) is 0 Å². The van der Waals surface area contributed by atoms with Crippen LogP contribution in [0.5, 0.6) is 0 Å². The number of rotatable bonds is 3. The Kier molecular flexibility index (Phi) is 3.56. The fourth-order valence-electron chi connectivity index (χ4n) is 1.98. The van der Waals surface area contributed by atoms with Crippen LogP contribution in [-0.4, -0.2) is 20.6 Å².